The highest BCUT2D eigenvalue weighted by Gasteiger charge is 2.20. The van der Waals surface area contributed by atoms with Gasteiger partial charge in [0.05, 0.1) is 10.5 Å². The van der Waals surface area contributed by atoms with E-state index in [-0.39, 0.29) is 0 Å². The summed E-state index contributed by atoms with van der Waals surface area (Å²) in [5, 5.41) is 1.89. The van der Waals surface area contributed by atoms with Gasteiger partial charge < -0.3 is 9.80 Å². The fourth-order valence-electron chi connectivity index (χ4n) is 2.99. The van der Waals surface area contributed by atoms with E-state index in [4.69, 9.17) is 16.6 Å². The van der Waals surface area contributed by atoms with Gasteiger partial charge in [0, 0.05) is 37.8 Å². The van der Waals surface area contributed by atoms with Crippen LogP contribution in [-0.2, 0) is 0 Å². The van der Waals surface area contributed by atoms with Gasteiger partial charge in [-0.05, 0) is 30.3 Å². The maximum atomic E-state index is 6.25. The summed E-state index contributed by atoms with van der Waals surface area (Å²) in [6, 6.07) is 16.2. The van der Waals surface area contributed by atoms with Crippen molar-refractivity contribution in [3.63, 3.8) is 0 Å². The van der Waals surface area contributed by atoms with E-state index in [1.54, 1.807) is 6.20 Å². The van der Waals surface area contributed by atoms with Crippen LogP contribution in [0.25, 0.3) is 10.9 Å². The zero-order valence-electron chi connectivity index (χ0n) is 12.7. The van der Waals surface area contributed by atoms with Crippen molar-refractivity contribution in [2.45, 2.75) is 0 Å². The zero-order valence-corrected chi connectivity index (χ0v) is 13.4. The molecule has 1 aliphatic heterocycles. The van der Waals surface area contributed by atoms with Crippen LogP contribution < -0.4 is 9.80 Å². The van der Waals surface area contributed by atoms with Gasteiger partial charge in [0.25, 0.3) is 0 Å². The van der Waals surface area contributed by atoms with Crippen molar-refractivity contribution in [2.75, 3.05) is 36.0 Å². The molecule has 2 aromatic heterocycles. The molecule has 0 bridgehead atoms. The van der Waals surface area contributed by atoms with Gasteiger partial charge in [-0.25, -0.2) is 9.97 Å². The highest BCUT2D eigenvalue weighted by atomic mass is 35.5. The Hall–Kier alpha value is -2.33. The number of piperazine rings is 1. The average molecular weight is 325 g/mol. The number of para-hydroxylation sites is 1. The maximum absolute atomic E-state index is 6.25. The number of anilines is 2. The topological polar surface area (TPSA) is 32.3 Å². The number of aromatic nitrogens is 2. The molecule has 5 heteroatoms. The Morgan fingerprint density at radius 3 is 2.43 bits per heavy atom. The van der Waals surface area contributed by atoms with Crippen molar-refractivity contribution in [1.82, 2.24) is 9.97 Å². The molecule has 1 saturated heterocycles. The van der Waals surface area contributed by atoms with Crippen LogP contribution in [0.5, 0.6) is 0 Å². The predicted molar refractivity (Wildman–Crippen MR) is 95.4 cm³/mol. The number of pyridine rings is 2. The van der Waals surface area contributed by atoms with Gasteiger partial charge in [0.2, 0.25) is 0 Å². The summed E-state index contributed by atoms with van der Waals surface area (Å²) in [4.78, 5) is 13.7. The molecule has 0 unspecified atom stereocenters. The van der Waals surface area contributed by atoms with E-state index in [9.17, 15) is 0 Å². The molecular weight excluding hydrogens is 308 g/mol. The Kier molecular flexibility index (Phi) is 3.75. The number of rotatable bonds is 2. The third-order valence-corrected chi connectivity index (χ3v) is 4.52. The van der Waals surface area contributed by atoms with E-state index < -0.39 is 0 Å². The summed E-state index contributed by atoms with van der Waals surface area (Å²) in [6.07, 6.45) is 1.79. The van der Waals surface area contributed by atoms with Gasteiger partial charge in [-0.1, -0.05) is 29.8 Å². The molecule has 4 nitrogen and oxygen atoms in total. The molecule has 3 aromatic rings. The molecule has 3 heterocycles. The molecule has 1 aromatic carbocycles. The molecular formula is C18H17ClN4. The molecule has 0 N–H and O–H groups in total. The van der Waals surface area contributed by atoms with Crippen molar-refractivity contribution in [1.29, 1.82) is 0 Å². The molecule has 0 aliphatic carbocycles. The van der Waals surface area contributed by atoms with Gasteiger partial charge >= 0.3 is 0 Å². The van der Waals surface area contributed by atoms with Crippen LogP contribution in [0.4, 0.5) is 11.6 Å². The highest BCUT2D eigenvalue weighted by molar-refractivity contribution is 6.32. The molecule has 0 atom stereocenters. The van der Waals surface area contributed by atoms with E-state index in [0.717, 1.165) is 43.3 Å². The summed E-state index contributed by atoms with van der Waals surface area (Å²) in [6.45, 7) is 3.62. The lowest BCUT2D eigenvalue weighted by Crippen LogP contribution is -2.47. The van der Waals surface area contributed by atoms with Crippen molar-refractivity contribution in [2.24, 2.45) is 0 Å². The summed E-state index contributed by atoms with van der Waals surface area (Å²) < 4.78 is 0. The third-order valence-electron chi connectivity index (χ3n) is 4.23. The SMILES string of the molecule is Clc1cccnc1N1CCN(c2ccc3ccccc3n2)CC1. The number of halogens is 1. The number of nitrogens with zero attached hydrogens (tertiary/aromatic N) is 4. The second kappa shape index (κ2) is 6.05. The Labute approximate surface area is 140 Å². The van der Waals surface area contributed by atoms with Crippen LogP contribution in [0.2, 0.25) is 5.02 Å². The minimum Gasteiger partial charge on any atom is -0.353 e. The lowest BCUT2D eigenvalue weighted by atomic mass is 10.2. The van der Waals surface area contributed by atoms with E-state index in [0.29, 0.717) is 5.02 Å². The molecule has 23 heavy (non-hydrogen) atoms. The predicted octanol–water partition coefficient (Wildman–Crippen LogP) is 3.61. The summed E-state index contributed by atoms with van der Waals surface area (Å²) in [5.74, 6) is 1.91. The second-order valence-electron chi connectivity index (χ2n) is 5.65. The van der Waals surface area contributed by atoms with Crippen LogP contribution in [0, 0.1) is 0 Å². The van der Waals surface area contributed by atoms with Crippen molar-refractivity contribution in [3.8, 4) is 0 Å². The first-order chi connectivity index (χ1) is 11.3. The first-order valence-electron chi connectivity index (χ1n) is 7.77. The maximum Gasteiger partial charge on any atom is 0.147 e. The second-order valence-corrected chi connectivity index (χ2v) is 6.05. The van der Waals surface area contributed by atoms with Crippen LogP contribution in [0.15, 0.2) is 54.7 Å². The molecule has 0 saturated carbocycles. The lowest BCUT2D eigenvalue weighted by Gasteiger charge is -2.36. The molecule has 1 fully saturated rings. The first kappa shape index (κ1) is 14.3. The van der Waals surface area contributed by atoms with E-state index >= 15 is 0 Å². The molecule has 4 rings (SSSR count). The van der Waals surface area contributed by atoms with Gasteiger partial charge in [-0.3, -0.25) is 0 Å². The minimum absolute atomic E-state index is 0.713. The van der Waals surface area contributed by atoms with E-state index in [2.05, 4.69) is 39.0 Å². The Bertz CT molecular complexity index is 828. The van der Waals surface area contributed by atoms with Crippen LogP contribution in [-0.4, -0.2) is 36.1 Å². The molecule has 0 radical (unpaired) electrons. The van der Waals surface area contributed by atoms with Gasteiger partial charge in [-0.2, -0.15) is 0 Å². The highest BCUT2D eigenvalue weighted by Crippen LogP contribution is 2.25. The Morgan fingerprint density at radius 2 is 1.61 bits per heavy atom. The van der Waals surface area contributed by atoms with Crippen LogP contribution in [0.1, 0.15) is 0 Å². The van der Waals surface area contributed by atoms with Gasteiger partial charge in [-0.15, -0.1) is 0 Å². The molecule has 116 valence electrons. The van der Waals surface area contributed by atoms with Crippen molar-refractivity contribution in [3.05, 3.63) is 59.8 Å². The number of hydrogen-bond donors (Lipinski definition) is 0. The smallest absolute Gasteiger partial charge is 0.147 e. The minimum atomic E-state index is 0.713. The number of hydrogen-bond acceptors (Lipinski definition) is 4. The Morgan fingerprint density at radius 1 is 0.826 bits per heavy atom. The van der Waals surface area contributed by atoms with E-state index in [1.165, 1.54) is 5.39 Å². The largest absolute Gasteiger partial charge is 0.353 e. The van der Waals surface area contributed by atoms with Gasteiger partial charge in [0.1, 0.15) is 11.6 Å². The van der Waals surface area contributed by atoms with E-state index in [1.807, 2.05) is 24.3 Å². The van der Waals surface area contributed by atoms with Crippen LogP contribution in [0.3, 0.4) is 0 Å². The Balaban J connectivity index is 1.51. The molecule has 0 amide bonds. The summed E-state index contributed by atoms with van der Waals surface area (Å²) >= 11 is 6.25. The van der Waals surface area contributed by atoms with Crippen molar-refractivity contribution < 1.29 is 0 Å². The molecule has 1 aliphatic rings. The summed E-state index contributed by atoms with van der Waals surface area (Å²) in [7, 11) is 0. The number of fused-ring (bicyclic) bond motifs is 1. The van der Waals surface area contributed by atoms with Gasteiger partial charge in [0.15, 0.2) is 0 Å². The standard InChI is InChI=1S/C18H17ClN4/c19-15-5-3-9-20-18(15)23-12-10-22(11-13-23)17-8-7-14-4-1-2-6-16(14)21-17/h1-9H,10-13H2. The quantitative estimate of drug-likeness (QED) is 0.721. The fourth-order valence-corrected chi connectivity index (χ4v) is 3.23. The normalized spacial score (nSPS) is 15.2. The molecule has 0 spiro atoms. The van der Waals surface area contributed by atoms with Crippen LogP contribution >= 0.6 is 11.6 Å². The summed E-state index contributed by atoms with van der Waals surface area (Å²) in [5.41, 5.74) is 1.04. The zero-order chi connectivity index (χ0) is 15.6. The first-order valence-corrected chi connectivity index (χ1v) is 8.15. The van der Waals surface area contributed by atoms with Crippen molar-refractivity contribution >= 4 is 34.1 Å². The monoisotopic (exact) mass is 324 g/mol. The average Bonchev–Trinajstić information content (AvgIpc) is 2.62. The fraction of sp³-hybridized carbons (Fsp3) is 0.222. The third kappa shape index (κ3) is 2.82. The number of benzene rings is 1. The lowest BCUT2D eigenvalue weighted by molar-refractivity contribution is 0.642.